The van der Waals surface area contributed by atoms with E-state index in [9.17, 15) is 4.79 Å². The summed E-state index contributed by atoms with van der Waals surface area (Å²) in [5, 5.41) is 3.59. The Morgan fingerprint density at radius 1 is 1.48 bits per heavy atom. The average Bonchev–Trinajstić information content (AvgIpc) is 3.11. The first-order chi connectivity index (χ1) is 10.8. The summed E-state index contributed by atoms with van der Waals surface area (Å²) in [5.74, 6) is 0. The van der Waals surface area contributed by atoms with E-state index in [1.54, 1.807) is 0 Å². The van der Waals surface area contributed by atoms with Crippen LogP contribution in [0.3, 0.4) is 0 Å². The maximum atomic E-state index is 12.3. The van der Waals surface area contributed by atoms with Gasteiger partial charge >= 0.3 is 6.09 Å². The molecule has 1 fully saturated rings. The quantitative estimate of drug-likeness (QED) is 0.867. The summed E-state index contributed by atoms with van der Waals surface area (Å²) in [5.41, 5.74) is -0.432. The summed E-state index contributed by atoms with van der Waals surface area (Å²) in [6, 6.07) is 4.97. The summed E-state index contributed by atoms with van der Waals surface area (Å²) >= 11 is 1.87. The Kier molecular flexibility index (Phi) is 6.09. The number of hydrogen-bond donors (Lipinski definition) is 1. The Bertz CT molecular complexity index is 521. The van der Waals surface area contributed by atoms with Crippen molar-refractivity contribution in [1.29, 1.82) is 0 Å². The first-order valence-electron chi connectivity index (χ1n) is 8.61. The summed E-state index contributed by atoms with van der Waals surface area (Å²) in [7, 11) is 0. The lowest BCUT2D eigenvalue weighted by Crippen LogP contribution is -2.44. The van der Waals surface area contributed by atoms with Crippen LogP contribution < -0.4 is 5.32 Å². The van der Waals surface area contributed by atoms with Crippen LogP contribution in [0.1, 0.15) is 63.3 Å². The van der Waals surface area contributed by atoms with E-state index in [1.807, 2.05) is 37.0 Å². The SMILES string of the molecule is CCc1ccc(C(C)NCC2CCCN2C(=O)OC(C)(C)C)s1. The van der Waals surface area contributed by atoms with E-state index in [-0.39, 0.29) is 12.1 Å². The van der Waals surface area contributed by atoms with Crippen molar-refractivity contribution < 1.29 is 9.53 Å². The highest BCUT2D eigenvalue weighted by molar-refractivity contribution is 7.12. The molecule has 4 nitrogen and oxygen atoms in total. The van der Waals surface area contributed by atoms with E-state index in [1.165, 1.54) is 9.75 Å². The molecule has 1 amide bonds. The van der Waals surface area contributed by atoms with Gasteiger partial charge in [0.1, 0.15) is 5.60 Å². The number of nitrogens with zero attached hydrogens (tertiary/aromatic N) is 1. The zero-order chi connectivity index (χ0) is 17.0. The van der Waals surface area contributed by atoms with Crippen LogP contribution in [0.15, 0.2) is 12.1 Å². The molecule has 2 heterocycles. The fraction of sp³-hybridized carbons (Fsp3) is 0.722. The van der Waals surface area contributed by atoms with Crippen molar-refractivity contribution >= 4 is 17.4 Å². The number of aryl methyl sites for hydroxylation is 1. The number of ether oxygens (including phenoxy) is 1. The van der Waals surface area contributed by atoms with Gasteiger partial charge < -0.3 is 15.0 Å². The van der Waals surface area contributed by atoms with Crippen molar-refractivity contribution in [2.75, 3.05) is 13.1 Å². The second-order valence-electron chi connectivity index (χ2n) is 7.26. The zero-order valence-electron chi connectivity index (χ0n) is 15.0. The molecule has 1 aromatic heterocycles. The molecule has 1 aliphatic rings. The molecular weight excluding hydrogens is 308 g/mol. The molecule has 0 aromatic carbocycles. The first-order valence-corrected chi connectivity index (χ1v) is 9.43. The predicted octanol–water partition coefficient (Wildman–Crippen LogP) is 4.36. The molecule has 1 aromatic rings. The average molecular weight is 339 g/mol. The first kappa shape index (κ1) is 18.3. The Balaban J connectivity index is 1.87. The van der Waals surface area contributed by atoms with Gasteiger partial charge in [-0.1, -0.05) is 6.92 Å². The number of rotatable bonds is 5. The van der Waals surface area contributed by atoms with Crippen LogP contribution in [0.4, 0.5) is 4.79 Å². The molecule has 5 heteroatoms. The topological polar surface area (TPSA) is 41.6 Å². The van der Waals surface area contributed by atoms with Crippen molar-refractivity contribution in [1.82, 2.24) is 10.2 Å². The van der Waals surface area contributed by atoms with E-state index >= 15 is 0 Å². The largest absolute Gasteiger partial charge is 0.444 e. The molecule has 0 spiro atoms. The molecule has 2 rings (SSSR count). The highest BCUT2D eigenvalue weighted by Crippen LogP contribution is 2.25. The van der Waals surface area contributed by atoms with Gasteiger partial charge in [-0.05, 0) is 59.1 Å². The minimum absolute atomic E-state index is 0.182. The van der Waals surface area contributed by atoms with E-state index < -0.39 is 5.60 Å². The van der Waals surface area contributed by atoms with Crippen LogP contribution in [0.25, 0.3) is 0 Å². The molecule has 1 saturated heterocycles. The van der Waals surface area contributed by atoms with Gasteiger partial charge in [0.15, 0.2) is 0 Å². The van der Waals surface area contributed by atoms with Gasteiger partial charge in [0.05, 0.1) is 0 Å². The number of carbonyl (C=O) groups is 1. The van der Waals surface area contributed by atoms with Crippen LogP contribution in [0.2, 0.25) is 0 Å². The summed E-state index contributed by atoms with van der Waals surface area (Å²) < 4.78 is 5.52. The van der Waals surface area contributed by atoms with Crippen LogP contribution >= 0.6 is 11.3 Å². The van der Waals surface area contributed by atoms with Crippen LogP contribution in [0.5, 0.6) is 0 Å². The Morgan fingerprint density at radius 2 is 2.22 bits per heavy atom. The van der Waals surface area contributed by atoms with E-state index in [4.69, 9.17) is 4.74 Å². The Labute approximate surface area is 144 Å². The maximum Gasteiger partial charge on any atom is 0.410 e. The molecule has 0 radical (unpaired) electrons. The predicted molar refractivity (Wildman–Crippen MR) is 96.1 cm³/mol. The molecule has 0 bridgehead atoms. The Hall–Kier alpha value is -1.07. The standard InChI is InChI=1S/C18H30N2O2S/c1-6-15-9-10-16(23-15)13(2)19-12-14-8-7-11-20(14)17(21)22-18(3,4)5/h9-10,13-14,19H,6-8,11-12H2,1-5H3. The van der Waals surface area contributed by atoms with Crippen molar-refractivity contribution in [2.45, 2.75) is 71.6 Å². The fourth-order valence-corrected chi connectivity index (χ4v) is 3.82. The smallest absolute Gasteiger partial charge is 0.410 e. The number of nitrogens with one attached hydrogen (secondary N) is 1. The molecule has 0 aliphatic carbocycles. The van der Waals surface area contributed by atoms with Gasteiger partial charge in [-0.2, -0.15) is 0 Å². The summed E-state index contributed by atoms with van der Waals surface area (Å²) in [6.45, 7) is 11.7. The molecule has 1 N–H and O–H groups in total. The lowest BCUT2D eigenvalue weighted by atomic mass is 10.2. The third-order valence-corrected chi connectivity index (χ3v) is 5.53. The lowest BCUT2D eigenvalue weighted by Gasteiger charge is -2.29. The fourth-order valence-electron chi connectivity index (χ4n) is 2.84. The maximum absolute atomic E-state index is 12.3. The number of likely N-dealkylation sites (tertiary alicyclic amines) is 1. The summed E-state index contributed by atoms with van der Waals surface area (Å²) in [6.07, 6.45) is 3.01. The number of hydrogen-bond acceptors (Lipinski definition) is 4. The number of amides is 1. The highest BCUT2D eigenvalue weighted by atomic mass is 32.1. The lowest BCUT2D eigenvalue weighted by molar-refractivity contribution is 0.0225. The number of carbonyl (C=O) groups excluding carboxylic acids is 1. The van der Waals surface area contributed by atoms with Crippen molar-refractivity contribution in [2.24, 2.45) is 0 Å². The third-order valence-electron chi connectivity index (χ3n) is 4.12. The van der Waals surface area contributed by atoms with Crippen LogP contribution in [-0.2, 0) is 11.2 Å². The van der Waals surface area contributed by atoms with Gasteiger partial charge in [0.2, 0.25) is 0 Å². The van der Waals surface area contributed by atoms with Crippen molar-refractivity contribution in [3.8, 4) is 0 Å². The second-order valence-corrected chi connectivity index (χ2v) is 8.46. The minimum atomic E-state index is -0.432. The third kappa shape index (κ3) is 5.21. The molecule has 130 valence electrons. The van der Waals surface area contributed by atoms with E-state index in [0.717, 1.165) is 32.4 Å². The van der Waals surface area contributed by atoms with E-state index in [0.29, 0.717) is 6.04 Å². The van der Waals surface area contributed by atoms with Crippen LogP contribution in [-0.4, -0.2) is 35.7 Å². The molecular formula is C18H30N2O2S. The van der Waals surface area contributed by atoms with Gasteiger partial charge in [0.25, 0.3) is 0 Å². The Morgan fingerprint density at radius 3 is 2.83 bits per heavy atom. The van der Waals surface area contributed by atoms with Gasteiger partial charge in [-0.3, -0.25) is 0 Å². The highest BCUT2D eigenvalue weighted by Gasteiger charge is 2.32. The molecule has 2 unspecified atom stereocenters. The van der Waals surface area contributed by atoms with Gasteiger partial charge in [-0.25, -0.2) is 4.79 Å². The monoisotopic (exact) mass is 338 g/mol. The number of thiophene rings is 1. The van der Waals surface area contributed by atoms with E-state index in [2.05, 4.69) is 31.3 Å². The summed E-state index contributed by atoms with van der Waals surface area (Å²) in [4.78, 5) is 17.0. The van der Waals surface area contributed by atoms with Crippen molar-refractivity contribution in [3.63, 3.8) is 0 Å². The van der Waals surface area contributed by atoms with Crippen molar-refractivity contribution in [3.05, 3.63) is 21.9 Å². The molecule has 2 atom stereocenters. The van der Waals surface area contributed by atoms with Gasteiger partial charge in [0, 0.05) is 34.9 Å². The second kappa shape index (κ2) is 7.67. The van der Waals surface area contributed by atoms with Gasteiger partial charge in [-0.15, -0.1) is 11.3 Å². The minimum Gasteiger partial charge on any atom is -0.444 e. The van der Waals surface area contributed by atoms with Crippen LogP contribution in [0, 0.1) is 0 Å². The molecule has 23 heavy (non-hydrogen) atoms. The molecule has 0 saturated carbocycles. The normalized spacial score (nSPS) is 19.9. The zero-order valence-corrected chi connectivity index (χ0v) is 15.8. The molecule has 1 aliphatic heterocycles.